The first-order chi connectivity index (χ1) is 8.21. The summed E-state index contributed by atoms with van der Waals surface area (Å²) in [5, 5.41) is 3.04. The molecular formula is C10H20N6O. The summed E-state index contributed by atoms with van der Waals surface area (Å²) in [6.45, 7) is 6.97. The second kappa shape index (κ2) is 6.85. The summed E-state index contributed by atoms with van der Waals surface area (Å²) in [4.78, 5) is 14.5. The highest BCUT2D eigenvalue weighted by atomic mass is 16.5. The zero-order valence-corrected chi connectivity index (χ0v) is 10.6. The molecule has 0 radical (unpaired) electrons. The lowest BCUT2D eigenvalue weighted by Crippen LogP contribution is -2.25. The molecule has 1 aromatic rings. The minimum Gasteiger partial charge on any atom is -0.383 e. The van der Waals surface area contributed by atoms with Gasteiger partial charge in [0.1, 0.15) is 0 Å². The van der Waals surface area contributed by atoms with Crippen molar-refractivity contribution in [2.45, 2.75) is 13.8 Å². The monoisotopic (exact) mass is 240 g/mol. The highest BCUT2D eigenvalue weighted by Crippen LogP contribution is 2.11. The number of nitrogens with one attached hydrogen (secondary N) is 1. The van der Waals surface area contributed by atoms with E-state index in [1.54, 1.807) is 7.11 Å². The van der Waals surface area contributed by atoms with Crippen LogP contribution in [0.5, 0.6) is 0 Å². The zero-order chi connectivity index (χ0) is 12.7. The van der Waals surface area contributed by atoms with Gasteiger partial charge in [-0.25, -0.2) is 0 Å². The van der Waals surface area contributed by atoms with Crippen LogP contribution in [0.15, 0.2) is 0 Å². The van der Waals surface area contributed by atoms with Crippen LogP contribution in [0.3, 0.4) is 0 Å². The maximum absolute atomic E-state index is 5.65. The van der Waals surface area contributed by atoms with E-state index in [9.17, 15) is 0 Å². The summed E-state index contributed by atoms with van der Waals surface area (Å²) < 4.78 is 4.94. The number of methoxy groups -OCH3 is 1. The molecule has 0 atom stereocenters. The SMILES string of the molecule is CCN(CC)c1nc(N)nc(NCCOC)n1. The van der Waals surface area contributed by atoms with Crippen LogP contribution < -0.4 is 16.0 Å². The van der Waals surface area contributed by atoms with Crippen LogP contribution in [0.2, 0.25) is 0 Å². The van der Waals surface area contributed by atoms with Gasteiger partial charge < -0.3 is 20.7 Å². The van der Waals surface area contributed by atoms with Gasteiger partial charge in [-0.3, -0.25) is 0 Å². The van der Waals surface area contributed by atoms with Crippen molar-refractivity contribution in [2.75, 3.05) is 49.3 Å². The fraction of sp³-hybridized carbons (Fsp3) is 0.700. The number of aromatic nitrogens is 3. The summed E-state index contributed by atoms with van der Waals surface area (Å²) >= 11 is 0. The van der Waals surface area contributed by atoms with E-state index in [1.807, 2.05) is 18.7 Å². The Balaban J connectivity index is 2.78. The van der Waals surface area contributed by atoms with Crippen LogP contribution in [0.4, 0.5) is 17.8 Å². The molecule has 0 spiro atoms. The van der Waals surface area contributed by atoms with Gasteiger partial charge in [-0.2, -0.15) is 15.0 Å². The smallest absolute Gasteiger partial charge is 0.231 e. The Bertz CT molecular complexity index is 342. The zero-order valence-electron chi connectivity index (χ0n) is 10.6. The molecule has 1 heterocycles. The summed E-state index contributed by atoms with van der Waals surface area (Å²) in [7, 11) is 1.64. The molecule has 0 saturated heterocycles. The molecule has 0 aliphatic heterocycles. The summed E-state index contributed by atoms with van der Waals surface area (Å²) in [5.41, 5.74) is 5.65. The molecule has 1 rings (SSSR count). The van der Waals surface area contributed by atoms with E-state index in [0.29, 0.717) is 25.0 Å². The minimum absolute atomic E-state index is 0.224. The average molecular weight is 240 g/mol. The molecule has 0 aromatic carbocycles. The van der Waals surface area contributed by atoms with Gasteiger partial charge in [0.05, 0.1) is 6.61 Å². The molecule has 0 unspecified atom stereocenters. The molecule has 7 nitrogen and oxygen atoms in total. The fourth-order valence-electron chi connectivity index (χ4n) is 1.37. The summed E-state index contributed by atoms with van der Waals surface area (Å²) in [6.07, 6.45) is 0. The summed E-state index contributed by atoms with van der Waals surface area (Å²) in [6, 6.07) is 0. The van der Waals surface area contributed by atoms with Crippen molar-refractivity contribution in [1.82, 2.24) is 15.0 Å². The van der Waals surface area contributed by atoms with E-state index in [-0.39, 0.29) is 5.95 Å². The first-order valence-electron chi connectivity index (χ1n) is 5.70. The second-order valence-corrected chi connectivity index (χ2v) is 3.41. The number of nitrogens with two attached hydrogens (primary N) is 1. The fourth-order valence-corrected chi connectivity index (χ4v) is 1.37. The van der Waals surface area contributed by atoms with E-state index < -0.39 is 0 Å². The number of hydrogen-bond acceptors (Lipinski definition) is 7. The van der Waals surface area contributed by atoms with E-state index in [0.717, 1.165) is 13.1 Å². The van der Waals surface area contributed by atoms with Crippen LogP contribution in [0.25, 0.3) is 0 Å². The Hall–Kier alpha value is -1.63. The van der Waals surface area contributed by atoms with Crippen molar-refractivity contribution in [1.29, 1.82) is 0 Å². The lowest BCUT2D eigenvalue weighted by atomic mass is 10.5. The van der Waals surface area contributed by atoms with Crippen LogP contribution in [0, 0.1) is 0 Å². The van der Waals surface area contributed by atoms with Gasteiger partial charge in [0.2, 0.25) is 17.8 Å². The molecule has 3 N–H and O–H groups in total. The molecule has 96 valence electrons. The van der Waals surface area contributed by atoms with Crippen molar-refractivity contribution < 1.29 is 4.74 Å². The van der Waals surface area contributed by atoms with E-state index >= 15 is 0 Å². The Morgan fingerprint density at radius 1 is 1.24 bits per heavy atom. The average Bonchev–Trinajstić information content (AvgIpc) is 2.30. The van der Waals surface area contributed by atoms with Gasteiger partial charge in [0.15, 0.2) is 0 Å². The van der Waals surface area contributed by atoms with Crippen LogP contribution in [0.1, 0.15) is 13.8 Å². The van der Waals surface area contributed by atoms with Gasteiger partial charge in [-0.1, -0.05) is 0 Å². The third kappa shape index (κ3) is 4.03. The highest BCUT2D eigenvalue weighted by molar-refractivity contribution is 5.41. The van der Waals surface area contributed by atoms with E-state index in [1.165, 1.54) is 0 Å². The number of hydrogen-bond donors (Lipinski definition) is 2. The van der Waals surface area contributed by atoms with E-state index in [2.05, 4.69) is 20.3 Å². The predicted molar refractivity (Wildman–Crippen MR) is 68.2 cm³/mol. The number of anilines is 3. The quantitative estimate of drug-likeness (QED) is 0.665. The van der Waals surface area contributed by atoms with Crippen molar-refractivity contribution in [3.05, 3.63) is 0 Å². The largest absolute Gasteiger partial charge is 0.383 e. The number of nitrogens with zero attached hydrogens (tertiary/aromatic N) is 4. The lowest BCUT2D eigenvalue weighted by molar-refractivity contribution is 0.210. The Morgan fingerprint density at radius 3 is 2.53 bits per heavy atom. The van der Waals surface area contributed by atoms with Crippen LogP contribution >= 0.6 is 0 Å². The minimum atomic E-state index is 0.224. The van der Waals surface area contributed by atoms with Crippen molar-refractivity contribution >= 4 is 17.8 Å². The molecule has 17 heavy (non-hydrogen) atoms. The maximum Gasteiger partial charge on any atom is 0.231 e. The van der Waals surface area contributed by atoms with Crippen LogP contribution in [-0.2, 0) is 4.74 Å². The van der Waals surface area contributed by atoms with Gasteiger partial charge in [-0.15, -0.1) is 0 Å². The first-order valence-corrected chi connectivity index (χ1v) is 5.70. The molecule has 0 aliphatic rings. The number of rotatable bonds is 7. The van der Waals surface area contributed by atoms with E-state index in [4.69, 9.17) is 10.5 Å². The van der Waals surface area contributed by atoms with Gasteiger partial charge in [0, 0.05) is 26.7 Å². The molecule has 0 amide bonds. The highest BCUT2D eigenvalue weighted by Gasteiger charge is 2.09. The van der Waals surface area contributed by atoms with Crippen molar-refractivity contribution in [3.63, 3.8) is 0 Å². The number of ether oxygens (including phenoxy) is 1. The Labute approximate surface area is 101 Å². The molecule has 1 aromatic heterocycles. The first kappa shape index (κ1) is 13.4. The Kier molecular flexibility index (Phi) is 5.41. The van der Waals surface area contributed by atoms with Gasteiger partial charge in [0.25, 0.3) is 0 Å². The molecule has 0 bridgehead atoms. The number of nitrogen functional groups attached to an aromatic ring is 1. The van der Waals surface area contributed by atoms with Gasteiger partial charge in [-0.05, 0) is 13.8 Å². The third-order valence-corrected chi connectivity index (χ3v) is 2.28. The lowest BCUT2D eigenvalue weighted by Gasteiger charge is -2.18. The van der Waals surface area contributed by atoms with Gasteiger partial charge >= 0.3 is 0 Å². The molecular weight excluding hydrogens is 220 g/mol. The second-order valence-electron chi connectivity index (χ2n) is 3.41. The van der Waals surface area contributed by atoms with Crippen molar-refractivity contribution in [2.24, 2.45) is 0 Å². The molecule has 0 saturated carbocycles. The topological polar surface area (TPSA) is 89.2 Å². The standard InChI is InChI=1S/C10H20N6O/c1-4-16(5-2)10-14-8(11)13-9(15-10)12-6-7-17-3/h4-7H2,1-3H3,(H3,11,12,13,14,15). The third-order valence-electron chi connectivity index (χ3n) is 2.28. The predicted octanol–water partition coefficient (Wildman–Crippen LogP) is 0.358. The van der Waals surface area contributed by atoms with Crippen LogP contribution in [-0.4, -0.2) is 48.3 Å². The maximum atomic E-state index is 5.65. The Morgan fingerprint density at radius 2 is 1.94 bits per heavy atom. The summed E-state index contributed by atoms with van der Waals surface area (Å²) in [5.74, 6) is 1.31. The molecule has 0 aliphatic carbocycles. The normalized spacial score (nSPS) is 10.3. The molecule has 0 fully saturated rings. The molecule has 7 heteroatoms. The van der Waals surface area contributed by atoms with Crippen molar-refractivity contribution in [3.8, 4) is 0 Å².